The molecule has 0 saturated carbocycles. The molecule has 16 heavy (non-hydrogen) atoms. The van der Waals surface area contributed by atoms with Crippen molar-refractivity contribution < 1.29 is 0 Å². The number of aryl methyl sites for hydroxylation is 2. The van der Waals surface area contributed by atoms with E-state index >= 15 is 0 Å². The summed E-state index contributed by atoms with van der Waals surface area (Å²) < 4.78 is 1.97. The first-order valence-electron chi connectivity index (χ1n) is 5.25. The molecule has 0 spiro atoms. The van der Waals surface area contributed by atoms with E-state index < -0.39 is 0 Å². The third-order valence-corrected chi connectivity index (χ3v) is 2.64. The first kappa shape index (κ1) is 10.6. The summed E-state index contributed by atoms with van der Waals surface area (Å²) in [5, 5.41) is 4.46. The van der Waals surface area contributed by atoms with Crippen molar-refractivity contribution in [1.29, 1.82) is 0 Å². The maximum Gasteiger partial charge on any atom is 0.219 e. The van der Waals surface area contributed by atoms with Crippen LogP contribution in [0.3, 0.4) is 0 Å². The molecule has 0 radical (unpaired) electrons. The van der Waals surface area contributed by atoms with Gasteiger partial charge in [0.15, 0.2) is 0 Å². The van der Waals surface area contributed by atoms with Gasteiger partial charge in [0.05, 0.1) is 5.69 Å². The first-order valence-corrected chi connectivity index (χ1v) is 5.25. The Hall–Kier alpha value is -1.91. The highest BCUT2D eigenvalue weighted by molar-refractivity contribution is 5.67. The number of nitrogens with two attached hydrogens (primary N) is 1. The van der Waals surface area contributed by atoms with Crippen LogP contribution in [0.5, 0.6) is 0 Å². The van der Waals surface area contributed by atoms with Gasteiger partial charge in [-0.2, -0.15) is 5.10 Å². The average molecular weight is 217 g/mol. The Bertz CT molecular complexity index is 498. The standard InChI is InChI=1S/C11H15N5/c1-4-16-8(3)10(7(2)15-16)9-5-13-11(12)14-6-9/h5-6H,4H2,1-3H3,(H2,12,13,14). The van der Waals surface area contributed by atoms with Crippen molar-refractivity contribution in [3.63, 3.8) is 0 Å². The van der Waals surface area contributed by atoms with E-state index in [1.807, 2.05) is 11.6 Å². The number of aromatic nitrogens is 4. The van der Waals surface area contributed by atoms with Gasteiger partial charge in [-0.05, 0) is 20.8 Å². The molecular formula is C11H15N5. The van der Waals surface area contributed by atoms with Crippen LogP contribution < -0.4 is 5.73 Å². The zero-order valence-corrected chi connectivity index (χ0v) is 9.73. The smallest absolute Gasteiger partial charge is 0.219 e. The van der Waals surface area contributed by atoms with Gasteiger partial charge < -0.3 is 5.73 Å². The third kappa shape index (κ3) is 1.64. The number of nitrogens with zero attached hydrogens (tertiary/aromatic N) is 4. The van der Waals surface area contributed by atoms with Crippen LogP contribution in [-0.2, 0) is 6.54 Å². The van der Waals surface area contributed by atoms with Crippen molar-refractivity contribution in [3.8, 4) is 11.1 Å². The van der Waals surface area contributed by atoms with Crippen LogP contribution in [-0.4, -0.2) is 19.7 Å². The third-order valence-electron chi connectivity index (χ3n) is 2.64. The molecule has 5 nitrogen and oxygen atoms in total. The predicted molar refractivity (Wildman–Crippen MR) is 62.8 cm³/mol. The summed E-state index contributed by atoms with van der Waals surface area (Å²) in [5.74, 6) is 0.293. The summed E-state index contributed by atoms with van der Waals surface area (Å²) in [6, 6.07) is 0. The van der Waals surface area contributed by atoms with Gasteiger partial charge in [0, 0.05) is 35.8 Å². The lowest BCUT2D eigenvalue weighted by molar-refractivity contribution is 0.634. The fourth-order valence-electron chi connectivity index (χ4n) is 1.89. The monoisotopic (exact) mass is 217 g/mol. The molecule has 0 aliphatic rings. The molecule has 0 aliphatic carbocycles. The van der Waals surface area contributed by atoms with Crippen LogP contribution in [0.2, 0.25) is 0 Å². The number of hydrogen-bond donors (Lipinski definition) is 1. The van der Waals surface area contributed by atoms with E-state index in [0.717, 1.165) is 29.1 Å². The zero-order chi connectivity index (χ0) is 11.7. The van der Waals surface area contributed by atoms with E-state index in [9.17, 15) is 0 Å². The van der Waals surface area contributed by atoms with Gasteiger partial charge >= 0.3 is 0 Å². The molecule has 0 amide bonds. The highest BCUT2D eigenvalue weighted by Gasteiger charge is 2.12. The first-order chi connectivity index (χ1) is 7.63. The Balaban J connectivity index is 2.55. The van der Waals surface area contributed by atoms with Crippen molar-refractivity contribution in [1.82, 2.24) is 19.7 Å². The maximum absolute atomic E-state index is 5.47. The molecule has 2 aromatic rings. The van der Waals surface area contributed by atoms with Gasteiger partial charge in [-0.25, -0.2) is 9.97 Å². The number of rotatable bonds is 2. The largest absolute Gasteiger partial charge is 0.368 e. The molecule has 0 atom stereocenters. The van der Waals surface area contributed by atoms with Crippen LogP contribution in [0.1, 0.15) is 18.3 Å². The summed E-state index contributed by atoms with van der Waals surface area (Å²) in [6.45, 7) is 6.98. The molecule has 0 unspecified atom stereocenters. The molecule has 2 heterocycles. The van der Waals surface area contributed by atoms with E-state index in [0.29, 0.717) is 5.95 Å². The summed E-state index contributed by atoms with van der Waals surface area (Å²) in [7, 11) is 0. The Labute approximate surface area is 94.3 Å². The summed E-state index contributed by atoms with van der Waals surface area (Å²) >= 11 is 0. The molecule has 5 heteroatoms. The molecular weight excluding hydrogens is 202 g/mol. The number of hydrogen-bond acceptors (Lipinski definition) is 4. The normalized spacial score (nSPS) is 10.7. The van der Waals surface area contributed by atoms with E-state index in [4.69, 9.17) is 5.73 Å². The Morgan fingerprint density at radius 3 is 2.38 bits per heavy atom. The lowest BCUT2D eigenvalue weighted by Gasteiger charge is -2.02. The maximum atomic E-state index is 5.47. The average Bonchev–Trinajstić information content (AvgIpc) is 2.56. The van der Waals surface area contributed by atoms with E-state index in [-0.39, 0.29) is 0 Å². The minimum Gasteiger partial charge on any atom is -0.368 e. The zero-order valence-electron chi connectivity index (χ0n) is 9.73. The topological polar surface area (TPSA) is 69.6 Å². The second-order valence-electron chi connectivity index (χ2n) is 3.69. The van der Waals surface area contributed by atoms with Crippen molar-refractivity contribution in [3.05, 3.63) is 23.8 Å². The van der Waals surface area contributed by atoms with Gasteiger partial charge in [-0.15, -0.1) is 0 Å². The second-order valence-corrected chi connectivity index (χ2v) is 3.69. The summed E-state index contributed by atoms with van der Waals surface area (Å²) in [6.07, 6.45) is 3.47. The van der Waals surface area contributed by atoms with Crippen LogP contribution in [0.15, 0.2) is 12.4 Å². The van der Waals surface area contributed by atoms with Gasteiger partial charge in [-0.3, -0.25) is 4.68 Å². The lowest BCUT2D eigenvalue weighted by Crippen LogP contribution is -1.99. The second kappa shape index (κ2) is 3.92. The SMILES string of the molecule is CCn1nc(C)c(-c2cnc(N)nc2)c1C. The Morgan fingerprint density at radius 2 is 1.88 bits per heavy atom. The van der Waals surface area contributed by atoms with Gasteiger partial charge in [0.1, 0.15) is 0 Å². The van der Waals surface area contributed by atoms with Crippen LogP contribution in [0.4, 0.5) is 5.95 Å². The molecule has 84 valence electrons. The minimum atomic E-state index is 0.293. The Morgan fingerprint density at radius 1 is 1.25 bits per heavy atom. The fourth-order valence-corrected chi connectivity index (χ4v) is 1.89. The van der Waals surface area contributed by atoms with Crippen LogP contribution in [0, 0.1) is 13.8 Å². The van der Waals surface area contributed by atoms with Crippen molar-refractivity contribution in [2.45, 2.75) is 27.3 Å². The fraction of sp³-hybridized carbons (Fsp3) is 0.364. The molecule has 2 rings (SSSR count). The molecule has 2 N–H and O–H groups in total. The van der Waals surface area contributed by atoms with Gasteiger partial charge in [0.2, 0.25) is 5.95 Å². The summed E-state index contributed by atoms with van der Waals surface area (Å²) in [4.78, 5) is 8.00. The van der Waals surface area contributed by atoms with Crippen molar-refractivity contribution in [2.75, 3.05) is 5.73 Å². The predicted octanol–water partition coefficient (Wildman–Crippen LogP) is 1.56. The highest BCUT2D eigenvalue weighted by atomic mass is 15.3. The number of anilines is 1. The molecule has 0 aromatic carbocycles. The summed E-state index contributed by atoms with van der Waals surface area (Å²) in [5.41, 5.74) is 9.66. The van der Waals surface area contributed by atoms with E-state index in [2.05, 4.69) is 28.9 Å². The molecule has 0 bridgehead atoms. The van der Waals surface area contributed by atoms with Crippen LogP contribution >= 0.6 is 0 Å². The van der Waals surface area contributed by atoms with E-state index in [1.54, 1.807) is 12.4 Å². The minimum absolute atomic E-state index is 0.293. The lowest BCUT2D eigenvalue weighted by atomic mass is 10.1. The van der Waals surface area contributed by atoms with Crippen molar-refractivity contribution in [2.24, 2.45) is 0 Å². The molecule has 0 fully saturated rings. The van der Waals surface area contributed by atoms with Crippen LogP contribution in [0.25, 0.3) is 11.1 Å². The van der Waals surface area contributed by atoms with Gasteiger partial charge in [-0.1, -0.05) is 0 Å². The number of nitrogen functional groups attached to an aromatic ring is 1. The molecule has 0 aliphatic heterocycles. The van der Waals surface area contributed by atoms with Gasteiger partial charge in [0.25, 0.3) is 0 Å². The highest BCUT2D eigenvalue weighted by Crippen LogP contribution is 2.25. The molecule has 2 aromatic heterocycles. The quantitative estimate of drug-likeness (QED) is 0.828. The van der Waals surface area contributed by atoms with E-state index in [1.165, 1.54) is 0 Å². The Kier molecular flexibility index (Phi) is 2.60. The molecule has 0 saturated heterocycles. The van der Waals surface area contributed by atoms with Crippen molar-refractivity contribution >= 4 is 5.95 Å².